The first kappa shape index (κ1) is 18.2. The Labute approximate surface area is 130 Å². The first-order chi connectivity index (χ1) is 7.78. The number of benzene rings is 1. The van der Waals surface area contributed by atoms with E-state index < -0.39 is 0 Å². The average molecular weight is 356 g/mol. The molecule has 0 aromatic heterocycles. The van der Waals surface area contributed by atoms with Crippen molar-refractivity contribution in [2.45, 2.75) is 19.4 Å². The minimum Gasteiger partial charge on any atom is -0.330 e. The van der Waals surface area contributed by atoms with Crippen molar-refractivity contribution in [2.24, 2.45) is 11.7 Å². The Hall–Kier alpha value is 0.200. The van der Waals surface area contributed by atoms with Gasteiger partial charge in [-0.05, 0) is 56.1 Å². The molecule has 0 spiro atoms. The highest BCUT2D eigenvalue weighted by Crippen LogP contribution is 2.19. The first-order valence-corrected chi connectivity index (χ1v) is 6.74. The van der Waals surface area contributed by atoms with Gasteiger partial charge in [-0.1, -0.05) is 28.1 Å². The normalized spacial score (nSPS) is 16.8. The summed E-state index contributed by atoms with van der Waals surface area (Å²) in [5.74, 6) is 0.749. The van der Waals surface area contributed by atoms with Crippen molar-refractivity contribution in [3.05, 3.63) is 34.3 Å². The molecule has 0 aliphatic carbocycles. The quantitative estimate of drug-likeness (QED) is 0.899. The summed E-state index contributed by atoms with van der Waals surface area (Å²) in [4.78, 5) is 2.52. The molecule has 2 rings (SSSR count). The average Bonchev–Trinajstić information content (AvgIpc) is 2.30. The minimum atomic E-state index is 0. The van der Waals surface area contributed by atoms with Gasteiger partial charge in [-0.15, -0.1) is 24.8 Å². The van der Waals surface area contributed by atoms with Crippen molar-refractivity contribution >= 4 is 40.7 Å². The molecule has 1 fully saturated rings. The SMILES string of the molecule is Cl.Cl.NCC1CCN(Cc2cccc(Br)c2)CC1. The molecule has 104 valence electrons. The van der Waals surface area contributed by atoms with Gasteiger partial charge >= 0.3 is 0 Å². The van der Waals surface area contributed by atoms with Crippen LogP contribution in [-0.2, 0) is 6.54 Å². The maximum absolute atomic E-state index is 5.70. The van der Waals surface area contributed by atoms with Crippen LogP contribution in [-0.4, -0.2) is 24.5 Å². The molecule has 0 bridgehead atoms. The molecule has 1 aromatic rings. The summed E-state index contributed by atoms with van der Waals surface area (Å²) in [6, 6.07) is 8.57. The van der Waals surface area contributed by atoms with E-state index in [1.54, 1.807) is 0 Å². The Morgan fingerprint density at radius 1 is 1.22 bits per heavy atom. The van der Waals surface area contributed by atoms with Gasteiger partial charge in [-0.3, -0.25) is 4.90 Å². The van der Waals surface area contributed by atoms with Crippen molar-refractivity contribution in [3.63, 3.8) is 0 Å². The van der Waals surface area contributed by atoms with Crippen LogP contribution in [0.15, 0.2) is 28.7 Å². The van der Waals surface area contributed by atoms with E-state index in [9.17, 15) is 0 Å². The molecular formula is C13H21BrCl2N2. The summed E-state index contributed by atoms with van der Waals surface area (Å²) in [5, 5.41) is 0. The van der Waals surface area contributed by atoms with Crippen LogP contribution in [0.5, 0.6) is 0 Å². The van der Waals surface area contributed by atoms with Crippen LogP contribution in [0.25, 0.3) is 0 Å². The van der Waals surface area contributed by atoms with Crippen molar-refractivity contribution in [1.82, 2.24) is 4.90 Å². The fourth-order valence-electron chi connectivity index (χ4n) is 2.27. The highest BCUT2D eigenvalue weighted by molar-refractivity contribution is 9.10. The van der Waals surface area contributed by atoms with Crippen molar-refractivity contribution in [2.75, 3.05) is 19.6 Å². The van der Waals surface area contributed by atoms with E-state index in [0.29, 0.717) is 0 Å². The van der Waals surface area contributed by atoms with E-state index in [2.05, 4.69) is 45.1 Å². The molecule has 0 saturated carbocycles. The van der Waals surface area contributed by atoms with E-state index >= 15 is 0 Å². The molecule has 0 unspecified atom stereocenters. The second kappa shape index (κ2) is 9.16. The third kappa shape index (κ3) is 5.45. The second-order valence-corrected chi connectivity index (χ2v) is 5.50. The lowest BCUT2D eigenvalue weighted by Gasteiger charge is -2.31. The molecule has 0 atom stereocenters. The van der Waals surface area contributed by atoms with Crippen molar-refractivity contribution in [1.29, 1.82) is 0 Å². The topological polar surface area (TPSA) is 29.3 Å². The number of hydrogen-bond acceptors (Lipinski definition) is 2. The Kier molecular flexibility index (Phi) is 9.26. The van der Waals surface area contributed by atoms with Crippen LogP contribution in [0.3, 0.4) is 0 Å². The summed E-state index contributed by atoms with van der Waals surface area (Å²) in [6.07, 6.45) is 2.51. The highest BCUT2D eigenvalue weighted by Gasteiger charge is 2.17. The van der Waals surface area contributed by atoms with Gasteiger partial charge < -0.3 is 5.73 Å². The lowest BCUT2D eigenvalue weighted by Crippen LogP contribution is -2.35. The smallest absolute Gasteiger partial charge is 0.0234 e. The number of nitrogens with zero attached hydrogens (tertiary/aromatic N) is 1. The third-order valence-corrected chi connectivity index (χ3v) is 3.83. The summed E-state index contributed by atoms with van der Waals surface area (Å²) < 4.78 is 1.17. The minimum absolute atomic E-state index is 0. The number of piperidine rings is 1. The monoisotopic (exact) mass is 354 g/mol. The number of halogens is 3. The fraction of sp³-hybridized carbons (Fsp3) is 0.538. The second-order valence-electron chi connectivity index (χ2n) is 4.59. The van der Waals surface area contributed by atoms with Crippen LogP contribution in [0.1, 0.15) is 18.4 Å². The van der Waals surface area contributed by atoms with Gasteiger partial charge in [0.15, 0.2) is 0 Å². The third-order valence-electron chi connectivity index (χ3n) is 3.34. The van der Waals surface area contributed by atoms with Crippen LogP contribution in [0, 0.1) is 5.92 Å². The van der Waals surface area contributed by atoms with Gasteiger partial charge in [0.05, 0.1) is 0 Å². The van der Waals surface area contributed by atoms with Crippen LogP contribution in [0.4, 0.5) is 0 Å². The van der Waals surface area contributed by atoms with Gasteiger partial charge in [0.25, 0.3) is 0 Å². The lowest BCUT2D eigenvalue weighted by molar-refractivity contribution is 0.180. The van der Waals surface area contributed by atoms with Gasteiger partial charge in [0, 0.05) is 11.0 Å². The molecule has 1 aliphatic rings. The molecule has 2 N–H and O–H groups in total. The molecular weight excluding hydrogens is 335 g/mol. The Morgan fingerprint density at radius 2 is 1.89 bits per heavy atom. The zero-order chi connectivity index (χ0) is 11.4. The molecule has 1 saturated heterocycles. The standard InChI is InChI=1S/C13H19BrN2.2ClH/c14-13-3-1-2-12(8-13)10-16-6-4-11(9-15)5-7-16;;/h1-3,8,11H,4-7,9-10,15H2;2*1H. The lowest BCUT2D eigenvalue weighted by atomic mass is 9.97. The molecule has 1 heterocycles. The Bertz CT molecular complexity index is 342. The summed E-state index contributed by atoms with van der Waals surface area (Å²) in [6.45, 7) is 4.30. The van der Waals surface area contributed by atoms with E-state index in [-0.39, 0.29) is 24.8 Å². The van der Waals surface area contributed by atoms with E-state index in [0.717, 1.165) is 19.0 Å². The van der Waals surface area contributed by atoms with E-state index in [1.807, 2.05) is 0 Å². The number of rotatable bonds is 3. The summed E-state index contributed by atoms with van der Waals surface area (Å²) in [5.41, 5.74) is 7.09. The summed E-state index contributed by atoms with van der Waals surface area (Å²) >= 11 is 3.51. The van der Waals surface area contributed by atoms with Gasteiger partial charge in [-0.25, -0.2) is 0 Å². The number of nitrogens with two attached hydrogens (primary N) is 1. The van der Waals surface area contributed by atoms with Crippen molar-refractivity contribution < 1.29 is 0 Å². The maximum Gasteiger partial charge on any atom is 0.0234 e. The van der Waals surface area contributed by atoms with Crippen LogP contribution < -0.4 is 5.73 Å². The molecule has 0 radical (unpaired) electrons. The first-order valence-electron chi connectivity index (χ1n) is 5.95. The maximum atomic E-state index is 5.70. The molecule has 1 aromatic carbocycles. The molecule has 2 nitrogen and oxygen atoms in total. The van der Waals surface area contributed by atoms with E-state index in [1.165, 1.54) is 36.0 Å². The largest absolute Gasteiger partial charge is 0.330 e. The van der Waals surface area contributed by atoms with Gasteiger partial charge in [0.1, 0.15) is 0 Å². The van der Waals surface area contributed by atoms with Gasteiger partial charge in [0.2, 0.25) is 0 Å². The highest BCUT2D eigenvalue weighted by atomic mass is 79.9. The number of likely N-dealkylation sites (tertiary alicyclic amines) is 1. The predicted octanol–water partition coefficient (Wildman–Crippen LogP) is 3.46. The fourth-order valence-corrected chi connectivity index (χ4v) is 2.72. The zero-order valence-corrected chi connectivity index (χ0v) is 13.6. The Morgan fingerprint density at radius 3 is 2.44 bits per heavy atom. The molecule has 18 heavy (non-hydrogen) atoms. The van der Waals surface area contributed by atoms with Crippen LogP contribution in [0.2, 0.25) is 0 Å². The predicted molar refractivity (Wildman–Crippen MR) is 85.7 cm³/mol. The Balaban J connectivity index is 0.00000144. The van der Waals surface area contributed by atoms with E-state index in [4.69, 9.17) is 5.73 Å². The van der Waals surface area contributed by atoms with Gasteiger partial charge in [-0.2, -0.15) is 0 Å². The molecule has 5 heteroatoms. The molecule has 0 amide bonds. The molecule has 1 aliphatic heterocycles. The van der Waals surface area contributed by atoms with Crippen molar-refractivity contribution in [3.8, 4) is 0 Å². The summed E-state index contributed by atoms with van der Waals surface area (Å²) in [7, 11) is 0. The number of hydrogen-bond donors (Lipinski definition) is 1. The van der Waals surface area contributed by atoms with Crippen LogP contribution >= 0.6 is 40.7 Å². The zero-order valence-electron chi connectivity index (χ0n) is 10.3.